The molecular weight excluding hydrogens is 380 g/mol. The normalized spacial score (nSPS) is 30.4. The predicted octanol–water partition coefficient (Wildman–Crippen LogP) is 3.69. The molecule has 1 aromatic rings. The van der Waals surface area contributed by atoms with Crippen LogP contribution < -0.4 is 10.6 Å². The highest BCUT2D eigenvalue weighted by Crippen LogP contribution is 2.55. The van der Waals surface area contributed by atoms with Crippen molar-refractivity contribution in [2.75, 3.05) is 0 Å². The van der Waals surface area contributed by atoms with E-state index in [1.54, 1.807) is 13.8 Å². The zero-order valence-corrected chi connectivity index (χ0v) is 18.1. The molecule has 4 aliphatic rings. The Morgan fingerprint density at radius 1 is 1.00 bits per heavy atom. The van der Waals surface area contributed by atoms with Gasteiger partial charge in [-0.1, -0.05) is 30.3 Å². The summed E-state index contributed by atoms with van der Waals surface area (Å²) in [6, 6.07) is 8.82. The van der Waals surface area contributed by atoms with Crippen molar-refractivity contribution in [1.82, 2.24) is 10.6 Å². The summed E-state index contributed by atoms with van der Waals surface area (Å²) in [6.07, 6.45) is 5.83. The number of carbonyl (C=O) groups excluding carboxylic acids is 3. The molecule has 1 atom stereocenters. The molecule has 0 aliphatic heterocycles. The van der Waals surface area contributed by atoms with Crippen LogP contribution in [0.3, 0.4) is 0 Å². The Morgan fingerprint density at radius 3 is 2.07 bits per heavy atom. The molecule has 0 unspecified atom stereocenters. The third-order valence-electron chi connectivity index (χ3n) is 7.31. The zero-order chi connectivity index (χ0) is 21.5. The minimum absolute atomic E-state index is 0.172. The van der Waals surface area contributed by atoms with Crippen molar-refractivity contribution in [3.05, 3.63) is 35.9 Å². The predicted molar refractivity (Wildman–Crippen MR) is 113 cm³/mol. The van der Waals surface area contributed by atoms with Gasteiger partial charge in [0, 0.05) is 5.54 Å². The van der Waals surface area contributed by atoms with Crippen LogP contribution in [0.4, 0.5) is 4.79 Å². The third-order valence-corrected chi connectivity index (χ3v) is 7.31. The number of ether oxygens (including phenoxy) is 1. The maximum absolute atomic E-state index is 12.7. The lowest BCUT2D eigenvalue weighted by molar-refractivity contribution is -0.159. The number of imide groups is 1. The van der Waals surface area contributed by atoms with Gasteiger partial charge in [0.25, 0.3) is 5.91 Å². The van der Waals surface area contributed by atoms with Crippen LogP contribution in [0, 0.1) is 17.8 Å². The van der Waals surface area contributed by atoms with Gasteiger partial charge >= 0.3 is 12.0 Å². The van der Waals surface area contributed by atoms with Gasteiger partial charge in [0.05, 0.1) is 5.41 Å². The first kappa shape index (κ1) is 20.9. The summed E-state index contributed by atoms with van der Waals surface area (Å²) in [4.78, 5) is 37.7. The summed E-state index contributed by atoms with van der Waals surface area (Å²) < 4.78 is 5.40. The molecule has 2 N–H and O–H groups in total. The van der Waals surface area contributed by atoms with Crippen molar-refractivity contribution >= 4 is 17.9 Å². The van der Waals surface area contributed by atoms with E-state index in [0.29, 0.717) is 17.8 Å². The number of hydrogen-bond donors (Lipinski definition) is 2. The highest BCUT2D eigenvalue weighted by Gasteiger charge is 2.51. The number of carbonyl (C=O) groups is 3. The average molecular weight is 413 g/mol. The molecule has 0 radical (unpaired) electrons. The van der Waals surface area contributed by atoms with Crippen LogP contribution in [-0.4, -0.2) is 29.6 Å². The Hall–Kier alpha value is -2.37. The Balaban J connectivity index is 1.31. The first-order valence-electron chi connectivity index (χ1n) is 11.1. The van der Waals surface area contributed by atoms with E-state index in [1.807, 2.05) is 30.3 Å². The van der Waals surface area contributed by atoms with Gasteiger partial charge in [-0.3, -0.25) is 14.9 Å². The van der Waals surface area contributed by atoms with E-state index in [9.17, 15) is 14.4 Å². The minimum Gasteiger partial charge on any atom is -0.452 e. The molecule has 6 heteroatoms. The quantitative estimate of drug-likeness (QED) is 0.723. The van der Waals surface area contributed by atoms with E-state index < -0.39 is 29.4 Å². The Bertz CT molecular complexity index is 798. The molecule has 4 fully saturated rings. The standard InChI is InChI=1S/C24H32N2O4/c1-15(30-21(28)23(2,3)19-7-5-4-6-8-19)20(27)25-22(29)26-24-12-16-9-17(13-24)11-18(10-16)14-24/h4-8,15-18H,9-14H2,1-3H3,(H2,25,26,27,29)/t15-,16?,17?,18?,24?/m0/s1. The largest absolute Gasteiger partial charge is 0.452 e. The van der Waals surface area contributed by atoms with E-state index in [2.05, 4.69) is 10.6 Å². The molecule has 4 bridgehead atoms. The second kappa shape index (κ2) is 7.71. The summed E-state index contributed by atoms with van der Waals surface area (Å²) in [5.74, 6) is 0.999. The smallest absolute Gasteiger partial charge is 0.321 e. The van der Waals surface area contributed by atoms with Crippen LogP contribution >= 0.6 is 0 Å². The number of urea groups is 1. The molecule has 1 aromatic carbocycles. The van der Waals surface area contributed by atoms with Crippen molar-refractivity contribution in [1.29, 1.82) is 0 Å². The van der Waals surface area contributed by atoms with Gasteiger partial charge in [-0.05, 0) is 82.6 Å². The number of hydrogen-bond acceptors (Lipinski definition) is 4. The molecule has 5 rings (SSSR count). The Kier molecular flexibility index (Phi) is 5.37. The highest BCUT2D eigenvalue weighted by molar-refractivity contribution is 5.97. The topological polar surface area (TPSA) is 84.5 Å². The summed E-state index contributed by atoms with van der Waals surface area (Å²) in [5.41, 5.74) is -0.256. The van der Waals surface area contributed by atoms with E-state index in [4.69, 9.17) is 4.74 Å². The second-order valence-corrected chi connectivity index (χ2v) is 10.2. The summed E-state index contributed by atoms with van der Waals surface area (Å²) in [6.45, 7) is 5.01. The van der Waals surface area contributed by atoms with E-state index in [0.717, 1.165) is 24.8 Å². The molecule has 3 amide bonds. The highest BCUT2D eigenvalue weighted by atomic mass is 16.5. The molecule has 162 valence electrons. The van der Waals surface area contributed by atoms with E-state index in [1.165, 1.54) is 26.2 Å². The van der Waals surface area contributed by atoms with Gasteiger partial charge in [0.1, 0.15) is 0 Å². The van der Waals surface area contributed by atoms with Crippen LogP contribution in [0.5, 0.6) is 0 Å². The number of benzene rings is 1. The van der Waals surface area contributed by atoms with Crippen LogP contribution in [0.1, 0.15) is 64.9 Å². The number of nitrogens with one attached hydrogen (secondary N) is 2. The molecule has 6 nitrogen and oxygen atoms in total. The van der Waals surface area contributed by atoms with Crippen molar-refractivity contribution in [3.8, 4) is 0 Å². The molecule has 0 aromatic heterocycles. The fourth-order valence-electron chi connectivity index (χ4n) is 6.08. The summed E-state index contributed by atoms with van der Waals surface area (Å²) in [5, 5.41) is 5.49. The van der Waals surface area contributed by atoms with Gasteiger partial charge < -0.3 is 10.1 Å². The first-order valence-corrected chi connectivity index (χ1v) is 11.1. The lowest BCUT2D eigenvalue weighted by Gasteiger charge is -2.56. The van der Waals surface area contributed by atoms with Crippen LogP contribution in [0.15, 0.2) is 30.3 Å². The molecule has 4 saturated carbocycles. The SMILES string of the molecule is C[C@H](OC(=O)C(C)(C)c1ccccc1)C(=O)NC(=O)NC12CC3CC(CC(C3)C1)C2. The maximum Gasteiger partial charge on any atom is 0.321 e. The van der Waals surface area contributed by atoms with Gasteiger partial charge in [-0.15, -0.1) is 0 Å². The minimum atomic E-state index is -1.05. The second-order valence-electron chi connectivity index (χ2n) is 10.2. The Morgan fingerprint density at radius 2 is 1.53 bits per heavy atom. The van der Waals surface area contributed by atoms with Crippen molar-refractivity contribution < 1.29 is 19.1 Å². The van der Waals surface area contributed by atoms with Crippen LogP contribution in [-0.2, 0) is 19.7 Å². The zero-order valence-electron chi connectivity index (χ0n) is 18.1. The fourth-order valence-corrected chi connectivity index (χ4v) is 6.08. The molecule has 0 heterocycles. The van der Waals surface area contributed by atoms with Gasteiger partial charge in [0.2, 0.25) is 0 Å². The van der Waals surface area contributed by atoms with Gasteiger partial charge in [-0.25, -0.2) is 4.79 Å². The van der Waals surface area contributed by atoms with Crippen LogP contribution in [0.25, 0.3) is 0 Å². The monoisotopic (exact) mass is 412 g/mol. The lowest BCUT2D eigenvalue weighted by atomic mass is 9.53. The summed E-state index contributed by atoms with van der Waals surface area (Å²) >= 11 is 0. The third kappa shape index (κ3) is 4.09. The fraction of sp³-hybridized carbons (Fsp3) is 0.625. The molecule has 4 aliphatic carbocycles. The van der Waals surface area contributed by atoms with Crippen LogP contribution in [0.2, 0.25) is 0 Å². The number of esters is 1. The molecular formula is C24H32N2O4. The molecule has 30 heavy (non-hydrogen) atoms. The molecule has 0 saturated heterocycles. The van der Waals surface area contributed by atoms with Gasteiger partial charge in [0.15, 0.2) is 6.10 Å². The average Bonchev–Trinajstić information content (AvgIpc) is 2.66. The van der Waals surface area contributed by atoms with Crippen molar-refractivity contribution in [3.63, 3.8) is 0 Å². The van der Waals surface area contributed by atoms with E-state index >= 15 is 0 Å². The Labute approximate surface area is 178 Å². The van der Waals surface area contributed by atoms with Crippen molar-refractivity contribution in [2.24, 2.45) is 17.8 Å². The van der Waals surface area contributed by atoms with E-state index in [-0.39, 0.29) is 5.54 Å². The molecule has 0 spiro atoms. The maximum atomic E-state index is 12.7. The summed E-state index contributed by atoms with van der Waals surface area (Å²) in [7, 11) is 0. The first-order chi connectivity index (χ1) is 14.2. The number of amides is 3. The lowest BCUT2D eigenvalue weighted by Crippen LogP contribution is -2.62. The van der Waals surface area contributed by atoms with Crippen molar-refractivity contribution in [2.45, 2.75) is 76.4 Å². The number of rotatable bonds is 5. The van der Waals surface area contributed by atoms with Gasteiger partial charge in [-0.2, -0.15) is 0 Å².